The van der Waals surface area contributed by atoms with Crippen LogP contribution in [0.2, 0.25) is 0 Å². The Hall–Kier alpha value is -2.86. The van der Waals surface area contributed by atoms with Crippen LogP contribution in [0.1, 0.15) is 27.9 Å². The summed E-state index contributed by atoms with van der Waals surface area (Å²) in [7, 11) is 0. The van der Waals surface area contributed by atoms with E-state index in [-0.39, 0.29) is 24.3 Å². The van der Waals surface area contributed by atoms with Gasteiger partial charge in [0, 0.05) is 12.2 Å². The topological polar surface area (TPSA) is 127 Å². The lowest BCUT2D eigenvalue weighted by Gasteiger charge is -2.13. The summed E-state index contributed by atoms with van der Waals surface area (Å²) in [5.74, 6) is -3.31. The maximum atomic E-state index is 12.5. The van der Waals surface area contributed by atoms with E-state index < -0.39 is 17.7 Å². The highest BCUT2D eigenvalue weighted by atomic mass is 16.4. The van der Waals surface area contributed by atoms with Crippen molar-refractivity contribution < 1.29 is 19.8 Å². The molecule has 126 valence electrons. The number of carboxylic acids is 1. The molecule has 6 nitrogen and oxygen atoms in total. The lowest BCUT2D eigenvalue weighted by molar-refractivity contribution is -0.140. The first-order valence-corrected chi connectivity index (χ1v) is 7.55. The molecule has 2 aromatic carbocycles. The number of hydrogen-bond acceptors (Lipinski definition) is 5. The summed E-state index contributed by atoms with van der Waals surface area (Å²) in [6, 6.07) is 11.4. The van der Waals surface area contributed by atoms with E-state index in [0.29, 0.717) is 17.7 Å². The van der Waals surface area contributed by atoms with Gasteiger partial charge in [-0.1, -0.05) is 18.2 Å². The van der Waals surface area contributed by atoms with Gasteiger partial charge in [0.05, 0.1) is 5.56 Å². The maximum Gasteiger partial charge on any atom is 0.314 e. The van der Waals surface area contributed by atoms with Crippen LogP contribution >= 0.6 is 0 Å². The van der Waals surface area contributed by atoms with E-state index in [0.717, 1.165) is 5.56 Å². The number of phenolic OH excluding ortho intramolecular Hbond substituents is 1. The predicted octanol–water partition coefficient (Wildman–Crippen LogP) is 1.95. The average Bonchev–Trinajstić information content (AvgIpc) is 2.56. The Labute approximate surface area is 139 Å². The summed E-state index contributed by atoms with van der Waals surface area (Å²) in [6.45, 7) is 0.198. The second-order valence-electron chi connectivity index (χ2n) is 5.59. The van der Waals surface area contributed by atoms with Crippen molar-refractivity contribution in [1.29, 1.82) is 0 Å². The first-order valence-electron chi connectivity index (χ1n) is 7.55. The standard InChI is InChI=1S/C18H20N2O4/c19-10-12-4-8-16(21)15(9-12)17(22)14(18(23)24)7-3-11-1-5-13(20)6-2-11/h1-2,4-6,8-9,14,21H,3,7,10,19-20H2,(H,23,24). The number of aliphatic carboxylic acids is 1. The predicted molar refractivity (Wildman–Crippen MR) is 90.6 cm³/mol. The van der Waals surface area contributed by atoms with Gasteiger partial charge in [-0.05, 0) is 48.2 Å². The summed E-state index contributed by atoms with van der Waals surface area (Å²) in [5, 5.41) is 19.3. The smallest absolute Gasteiger partial charge is 0.314 e. The fourth-order valence-corrected chi connectivity index (χ4v) is 2.46. The molecule has 0 spiro atoms. The van der Waals surface area contributed by atoms with Crippen LogP contribution in [0.4, 0.5) is 5.69 Å². The molecule has 0 aliphatic rings. The van der Waals surface area contributed by atoms with Gasteiger partial charge in [-0.3, -0.25) is 9.59 Å². The van der Waals surface area contributed by atoms with Gasteiger partial charge in [-0.2, -0.15) is 0 Å². The number of hydrogen-bond donors (Lipinski definition) is 4. The number of Topliss-reactive ketones (excluding diaryl/α,β-unsaturated/α-hetero) is 1. The van der Waals surface area contributed by atoms with Gasteiger partial charge in [0.1, 0.15) is 11.7 Å². The minimum Gasteiger partial charge on any atom is -0.507 e. The maximum absolute atomic E-state index is 12.5. The van der Waals surface area contributed by atoms with Crippen LogP contribution in [0, 0.1) is 5.92 Å². The number of anilines is 1. The molecule has 6 N–H and O–H groups in total. The van der Waals surface area contributed by atoms with Crippen LogP contribution in [-0.2, 0) is 17.8 Å². The van der Waals surface area contributed by atoms with Crippen LogP contribution < -0.4 is 11.5 Å². The third kappa shape index (κ3) is 4.11. The number of nitrogen functional groups attached to an aromatic ring is 1. The van der Waals surface area contributed by atoms with Crippen molar-refractivity contribution in [2.75, 3.05) is 5.73 Å². The Bertz CT molecular complexity index is 741. The summed E-state index contributed by atoms with van der Waals surface area (Å²) in [6.07, 6.45) is 0.546. The Morgan fingerprint density at radius 2 is 1.67 bits per heavy atom. The number of phenols is 1. The van der Waals surface area contributed by atoms with E-state index in [4.69, 9.17) is 11.5 Å². The molecule has 1 atom stereocenters. The molecular formula is C18H20N2O4. The fraction of sp³-hybridized carbons (Fsp3) is 0.222. The Morgan fingerprint density at radius 1 is 1.04 bits per heavy atom. The zero-order chi connectivity index (χ0) is 17.7. The number of benzene rings is 2. The molecule has 0 saturated heterocycles. The number of rotatable bonds is 7. The van der Waals surface area contributed by atoms with Crippen molar-refractivity contribution in [2.45, 2.75) is 19.4 Å². The van der Waals surface area contributed by atoms with Crippen molar-refractivity contribution in [3.8, 4) is 5.75 Å². The molecule has 0 aromatic heterocycles. The SMILES string of the molecule is NCc1ccc(O)c(C(=O)C(CCc2ccc(N)cc2)C(=O)O)c1. The molecule has 24 heavy (non-hydrogen) atoms. The van der Waals surface area contributed by atoms with Crippen molar-refractivity contribution in [1.82, 2.24) is 0 Å². The molecule has 2 rings (SSSR count). The number of ketones is 1. The zero-order valence-electron chi connectivity index (χ0n) is 13.1. The quantitative estimate of drug-likeness (QED) is 0.349. The van der Waals surface area contributed by atoms with E-state index in [1.807, 2.05) is 0 Å². The number of carbonyl (C=O) groups is 2. The molecule has 0 saturated carbocycles. The Balaban J connectivity index is 2.19. The molecular weight excluding hydrogens is 308 g/mol. The highest BCUT2D eigenvalue weighted by Gasteiger charge is 2.29. The normalized spacial score (nSPS) is 11.9. The van der Waals surface area contributed by atoms with Gasteiger partial charge in [0.15, 0.2) is 5.78 Å². The third-order valence-corrected chi connectivity index (χ3v) is 3.88. The molecule has 2 aromatic rings. The summed E-state index contributed by atoms with van der Waals surface area (Å²) < 4.78 is 0. The van der Waals surface area contributed by atoms with Crippen molar-refractivity contribution in [3.05, 3.63) is 59.2 Å². The zero-order valence-corrected chi connectivity index (χ0v) is 13.1. The molecule has 0 aliphatic carbocycles. The van der Waals surface area contributed by atoms with E-state index >= 15 is 0 Å². The molecule has 0 heterocycles. The monoisotopic (exact) mass is 328 g/mol. The highest BCUT2D eigenvalue weighted by Crippen LogP contribution is 2.24. The van der Waals surface area contributed by atoms with Gasteiger partial charge >= 0.3 is 5.97 Å². The van der Waals surface area contributed by atoms with Gasteiger partial charge in [0.25, 0.3) is 0 Å². The third-order valence-electron chi connectivity index (χ3n) is 3.88. The molecule has 0 bridgehead atoms. The fourth-order valence-electron chi connectivity index (χ4n) is 2.46. The Morgan fingerprint density at radius 3 is 2.25 bits per heavy atom. The first kappa shape index (κ1) is 17.5. The Kier molecular flexibility index (Phi) is 5.55. The average molecular weight is 328 g/mol. The lowest BCUT2D eigenvalue weighted by Crippen LogP contribution is -2.25. The van der Waals surface area contributed by atoms with Gasteiger partial charge < -0.3 is 21.7 Å². The highest BCUT2D eigenvalue weighted by molar-refractivity contribution is 6.09. The molecule has 0 aliphatic heterocycles. The molecule has 6 heteroatoms. The van der Waals surface area contributed by atoms with E-state index in [9.17, 15) is 19.8 Å². The molecule has 1 unspecified atom stereocenters. The summed E-state index contributed by atoms with van der Waals surface area (Å²) in [5.41, 5.74) is 13.3. The largest absolute Gasteiger partial charge is 0.507 e. The first-order chi connectivity index (χ1) is 11.4. The van der Waals surface area contributed by atoms with Crippen molar-refractivity contribution in [2.24, 2.45) is 11.7 Å². The summed E-state index contributed by atoms with van der Waals surface area (Å²) in [4.78, 5) is 24.1. The van der Waals surface area contributed by atoms with Crippen LogP contribution in [0.15, 0.2) is 42.5 Å². The van der Waals surface area contributed by atoms with E-state index in [2.05, 4.69) is 0 Å². The van der Waals surface area contributed by atoms with Crippen LogP contribution in [-0.4, -0.2) is 22.0 Å². The van der Waals surface area contributed by atoms with Crippen molar-refractivity contribution in [3.63, 3.8) is 0 Å². The number of nitrogens with two attached hydrogens (primary N) is 2. The number of carbonyl (C=O) groups excluding carboxylic acids is 1. The van der Waals surface area contributed by atoms with Gasteiger partial charge in [-0.15, -0.1) is 0 Å². The number of aryl methyl sites for hydroxylation is 1. The molecule has 0 radical (unpaired) electrons. The second kappa shape index (κ2) is 7.61. The number of aromatic hydroxyl groups is 1. The molecule has 0 fully saturated rings. The van der Waals surface area contributed by atoms with Gasteiger partial charge in [0.2, 0.25) is 0 Å². The van der Waals surface area contributed by atoms with Gasteiger partial charge in [-0.25, -0.2) is 0 Å². The number of carboxylic acid groups (broad SMARTS) is 1. The van der Waals surface area contributed by atoms with E-state index in [1.165, 1.54) is 12.1 Å². The van der Waals surface area contributed by atoms with Crippen LogP contribution in [0.5, 0.6) is 5.75 Å². The van der Waals surface area contributed by atoms with Crippen LogP contribution in [0.25, 0.3) is 0 Å². The van der Waals surface area contributed by atoms with E-state index in [1.54, 1.807) is 30.3 Å². The van der Waals surface area contributed by atoms with Crippen LogP contribution in [0.3, 0.4) is 0 Å². The second-order valence-corrected chi connectivity index (χ2v) is 5.59. The molecule has 0 amide bonds. The minimum atomic E-state index is -1.23. The minimum absolute atomic E-state index is 0.0114. The van der Waals surface area contributed by atoms with Crippen molar-refractivity contribution >= 4 is 17.4 Å². The summed E-state index contributed by atoms with van der Waals surface area (Å²) >= 11 is 0. The lowest BCUT2D eigenvalue weighted by atomic mass is 9.90.